The predicted octanol–water partition coefficient (Wildman–Crippen LogP) is 1.39. The van der Waals surface area contributed by atoms with Gasteiger partial charge in [0.25, 0.3) is 5.56 Å². The molecule has 1 atom stereocenters. The molecule has 0 aliphatic carbocycles. The van der Waals surface area contributed by atoms with Crippen molar-refractivity contribution in [2.45, 2.75) is 32.2 Å². The molecule has 4 rings (SSSR count). The first-order valence-corrected chi connectivity index (χ1v) is 8.95. The lowest BCUT2D eigenvalue weighted by Gasteiger charge is -2.31. The SMILES string of the molecule is Cc1cn(CC(=O)N2CCC[C@H](c3nc4ccccc4o3)C2)c(=O)[nH]c1=O. The van der Waals surface area contributed by atoms with Gasteiger partial charge in [-0.15, -0.1) is 0 Å². The van der Waals surface area contributed by atoms with E-state index in [1.54, 1.807) is 11.8 Å². The summed E-state index contributed by atoms with van der Waals surface area (Å²) >= 11 is 0. The molecule has 1 amide bonds. The van der Waals surface area contributed by atoms with Gasteiger partial charge in [0, 0.05) is 24.8 Å². The fraction of sp³-hybridized carbons (Fsp3) is 0.368. The monoisotopic (exact) mass is 368 g/mol. The molecule has 0 bridgehead atoms. The number of rotatable bonds is 3. The standard InChI is InChI=1S/C19H20N4O4/c1-12-9-23(19(26)21-17(12)25)11-16(24)22-8-4-5-13(10-22)18-20-14-6-2-3-7-15(14)27-18/h2-3,6-7,9,13H,4-5,8,10-11H2,1H3,(H,21,25,26)/t13-/m0/s1. The Morgan fingerprint density at radius 2 is 2.15 bits per heavy atom. The molecule has 1 fully saturated rings. The number of H-pyrrole nitrogens is 1. The third-order valence-corrected chi connectivity index (χ3v) is 4.93. The lowest BCUT2D eigenvalue weighted by molar-refractivity contribution is -0.133. The first-order chi connectivity index (χ1) is 13.0. The molecule has 0 unspecified atom stereocenters. The van der Waals surface area contributed by atoms with E-state index in [1.807, 2.05) is 24.3 Å². The molecule has 1 aliphatic heterocycles. The van der Waals surface area contributed by atoms with E-state index in [4.69, 9.17) is 4.42 Å². The Balaban J connectivity index is 1.51. The van der Waals surface area contributed by atoms with E-state index >= 15 is 0 Å². The number of hydrogen-bond donors (Lipinski definition) is 1. The number of aromatic nitrogens is 3. The second-order valence-electron chi connectivity index (χ2n) is 6.90. The smallest absolute Gasteiger partial charge is 0.328 e. The van der Waals surface area contributed by atoms with Crippen molar-refractivity contribution in [3.05, 3.63) is 62.8 Å². The molecule has 0 saturated carbocycles. The molecule has 1 aromatic carbocycles. The number of benzene rings is 1. The molecule has 27 heavy (non-hydrogen) atoms. The Morgan fingerprint density at radius 3 is 2.96 bits per heavy atom. The minimum absolute atomic E-state index is 0.0316. The molecule has 2 aromatic heterocycles. The van der Waals surface area contributed by atoms with Crippen LogP contribution in [-0.4, -0.2) is 38.4 Å². The molecule has 8 heteroatoms. The molecule has 1 saturated heterocycles. The van der Waals surface area contributed by atoms with Gasteiger partial charge >= 0.3 is 5.69 Å². The summed E-state index contributed by atoms with van der Waals surface area (Å²) in [4.78, 5) is 44.6. The number of oxazole rings is 1. The van der Waals surface area contributed by atoms with Crippen molar-refractivity contribution in [1.82, 2.24) is 19.4 Å². The number of carbonyl (C=O) groups is 1. The average Bonchev–Trinajstić information content (AvgIpc) is 3.10. The summed E-state index contributed by atoms with van der Waals surface area (Å²) in [5.74, 6) is 0.513. The van der Waals surface area contributed by atoms with Gasteiger partial charge in [-0.2, -0.15) is 0 Å². The Hall–Kier alpha value is -3.16. The van der Waals surface area contributed by atoms with Gasteiger partial charge in [0.05, 0.1) is 5.92 Å². The minimum atomic E-state index is -0.577. The summed E-state index contributed by atoms with van der Waals surface area (Å²) in [6.07, 6.45) is 3.16. The molecule has 8 nitrogen and oxygen atoms in total. The van der Waals surface area contributed by atoms with Gasteiger partial charge in [-0.25, -0.2) is 9.78 Å². The Morgan fingerprint density at radius 1 is 1.33 bits per heavy atom. The van der Waals surface area contributed by atoms with Crippen molar-refractivity contribution in [1.29, 1.82) is 0 Å². The summed E-state index contributed by atoms with van der Waals surface area (Å²) in [6.45, 7) is 2.63. The highest BCUT2D eigenvalue weighted by Gasteiger charge is 2.28. The summed E-state index contributed by atoms with van der Waals surface area (Å²) < 4.78 is 7.10. The molecule has 1 N–H and O–H groups in total. The third-order valence-electron chi connectivity index (χ3n) is 4.93. The van der Waals surface area contributed by atoms with E-state index in [2.05, 4.69) is 9.97 Å². The van der Waals surface area contributed by atoms with Gasteiger partial charge in [-0.05, 0) is 31.9 Å². The van der Waals surface area contributed by atoms with E-state index < -0.39 is 11.2 Å². The van der Waals surface area contributed by atoms with Crippen LogP contribution in [0.15, 0.2) is 44.5 Å². The minimum Gasteiger partial charge on any atom is -0.440 e. The normalized spacial score (nSPS) is 17.4. The summed E-state index contributed by atoms with van der Waals surface area (Å²) in [7, 11) is 0. The molecule has 1 aliphatic rings. The maximum absolute atomic E-state index is 12.7. The second-order valence-corrected chi connectivity index (χ2v) is 6.90. The number of hydrogen-bond acceptors (Lipinski definition) is 5. The fourth-order valence-corrected chi connectivity index (χ4v) is 3.45. The van der Waals surface area contributed by atoms with Crippen molar-refractivity contribution >= 4 is 17.0 Å². The summed E-state index contributed by atoms with van der Waals surface area (Å²) in [5, 5.41) is 0. The molecule has 3 heterocycles. The van der Waals surface area contributed by atoms with Crippen LogP contribution >= 0.6 is 0 Å². The lowest BCUT2D eigenvalue weighted by atomic mass is 9.98. The maximum Gasteiger partial charge on any atom is 0.328 e. The van der Waals surface area contributed by atoms with Crippen LogP contribution in [0.25, 0.3) is 11.1 Å². The van der Waals surface area contributed by atoms with Crippen LogP contribution in [0, 0.1) is 6.92 Å². The lowest BCUT2D eigenvalue weighted by Crippen LogP contribution is -2.43. The number of likely N-dealkylation sites (tertiary alicyclic amines) is 1. The average molecular weight is 368 g/mol. The van der Waals surface area contributed by atoms with E-state index in [1.165, 1.54) is 10.8 Å². The van der Waals surface area contributed by atoms with Crippen molar-refractivity contribution in [3.63, 3.8) is 0 Å². The quantitative estimate of drug-likeness (QED) is 0.753. The predicted molar refractivity (Wildman–Crippen MR) is 98.6 cm³/mol. The topological polar surface area (TPSA) is 101 Å². The highest BCUT2D eigenvalue weighted by molar-refractivity contribution is 5.76. The van der Waals surface area contributed by atoms with Crippen LogP contribution < -0.4 is 11.2 Å². The zero-order valence-electron chi connectivity index (χ0n) is 15.0. The van der Waals surface area contributed by atoms with E-state index in [9.17, 15) is 14.4 Å². The van der Waals surface area contributed by atoms with Gasteiger partial charge in [0.2, 0.25) is 5.91 Å². The van der Waals surface area contributed by atoms with Gasteiger partial charge < -0.3 is 9.32 Å². The molecular weight excluding hydrogens is 348 g/mol. The van der Waals surface area contributed by atoms with Crippen LogP contribution in [0.2, 0.25) is 0 Å². The van der Waals surface area contributed by atoms with Crippen LogP contribution in [0.3, 0.4) is 0 Å². The number of piperidine rings is 1. The first kappa shape index (κ1) is 17.3. The number of carbonyl (C=O) groups excluding carboxylic acids is 1. The number of nitrogens with zero attached hydrogens (tertiary/aromatic N) is 3. The maximum atomic E-state index is 12.7. The zero-order chi connectivity index (χ0) is 19.0. The van der Waals surface area contributed by atoms with Gasteiger partial charge in [-0.3, -0.25) is 19.1 Å². The fourth-order valence-electron chi connectivity index (χ4n) is 3.45. The molecule has 3 aromatic rings. The van der Waals surface area contributed by atoms with Gasteiger partial charge in [0.1, 0.15) is 12.1 Å². The molecule has 0 radical (unpaired) electrons. The largest absolute Gasteiger partial charge is 0.440 e. The molecular formula is C19H20N4O4. The second kappa shape index (κ2) is 6.86. The summed E-state index contributed by atoms with van der Waals surface area (Å²) in [5.41, 5.74) is 0.937. The van der Waals surface area contributed by atoms with Gasteiger partial charge in [0.15, 0.2) is 11.5 Å². The van der Waals surface area contributed by atoms with Crippen LogP contribution in [0.1, 0.15) is 30.2 Å². The van der Waals surface area contributed by atoms with Crippen LogP contribution in [0.4, 0.5) is 0 Å². The van der Waals surface area contributed by atoms with Crippen molar-refractivity contribution in [2.75, 3.05) is 13.1 Å². The first-order valence-electron chi connectivity index (χ1n) is 8.95. The molecule has 140 valence electrons. The number of nitrogens with one attached hydrogen (secondary N) is 1. The van der Waals surface area contributed by atoms with E-state index in [0.29, 0.717) is 24.5 Å². The molecule has 0 spiro atoms. The van der Waals surface area contributed by atoms with Crippen LogP contribution in [-0.2, 0) is 11.3 Å². The number of fused-ring (bicyclic) bond motifs is 1. The Kier molecular flexibility index (Phi) is 4.39. The zero-order valence-corrected chi connectivity index (χ0v) is 15.0. The van der Waals surface area contributed by atoms with Crippen molar-refractivity contribution in [2.24, 2.45) is 0 Å². The number of aryl methyl sites for hydroxylation is 1. The van der Waals surface area contributed by atoms with E-state index in [0.717, 1.165) is 23.9 Å². The van der Waals surface area contributed by atoms with Crippen molar-refractivity contribution < 1.29 is 9.21 Å². The van der Waals surface area contributed by atoms with Crippen LogP contribution in [0.5, 0.6) is 0 Å². The highest BCUT2D eigenvalue weighted by atomic mass is 16.3. The number of amides is 1. The van der Waals surface area contributed by atoms with Gasteiger partial charge in [-0.1, -0.05) is 12.1 Å². The summed E-state index contributed by atoms with van der Waals surface area (Å²) in [6, 6.07) is 7.59. The number of aromatic amines is 1. The highest BCUT2D eigenvalue weighted by Crippen LogP contribution is 2.29. The third kappa shape index (κ3) is 3.42. The number of para-hydroxylation sites is 2. The van der Waals surface area contributed by atoms with E-state index in [-0.39, 0.29) is 18.4 Å². The Bertz CT molecular complexity index is 1080. The van der Waals surface area contributed by atoms with Crippen molar-refractivity contribution in [3.8, 4) is 0 Å². The Labute approximate surface area is 154 Å².